The maximum absolute atomic E-state index is 2.83. The second-order valence-electron chi connectivity index (χ2n) is 10.3. The van der Waals surface area contributed by atoms with E-state index in [1.54, 1.807) is 5.71 Å². The van der Waals surface area contributed by atoms with Crippen LogP contribution in [0.3, 0.4) is 0 Å². The van der Waals surface area contributed by atoms with Gasteiger partial charge in [-0.15, -0.1) is 4.68 Å². The molecule has 2 aliphatic rings. The van der Waals surface area contributed by atoms with E-state index < -0.39 is 0 Å². The van der Waals surface area contributed by atoms with E-state index in [0.29, 0.717) is 0 Å². The van der Waals surface area contributed by atoms with E-state index in [0.717, 1.165) is 6.04 Å². The highest BCUT2D eigenvalue weighted by atomic mass is 35.5. The van der Waals surface area contributed by atoms with Crippen LogP contribution in [-0.4, -0.2) is 34.5 Å². The molecule has 3 heteroatoms. The maximum Gasteiger partial charge on any atom is 0.205 e. The van der Waals surface area contributed by atoms with E-state index in [-0.39, 0.29) is 12.4 Å². The number of hydrogen-bond acceptors (Lipinski definition) is 1. The summed E-state index contributed by atoms with van der Waals surface area (Å²) < 4.78 is 2.71. The lowest BCUT2D eigenvalue weighted by Gasteiger charge is -2.30. The molecular weight excluding hydrogens is 412 g/mol. The van der Waals surface area contributed by atoms with Gasteiger partial charge in [-0.3, -0.25) is 0 Å². The molecule has 2 heterocycles. The molecule has 32 heavy (non-hydrogen) atoms. The minimum absolute atomic E-state index is 0. The summed E-state index contributed by atoms with van der Waals surface area (Å²) in [6.45, 7) is 7.14. The van der Waals surface area contributed by atoms with E-state index in [9.17, 15) is 0 Å². The predicted octanol–water partition coefficient (Wildman–Crippen LogP) is 5.84. The Morgan fingerprint density at radius 3 is 1.84 bits per heavy atom. The normalized spacial score (nSPS) is 17.1. The van der Waals surface area contributed by atoms with Gasteiger partial charge in [0.05, 0.1) is 12.6 Å². The van der Waals surface area contributed by atoms with Crippen LogP contribution in [0.5, 0.6) is 0 Å². The van der Waals surface area contributed by atoms with Crippen molar-refractivity contribution in [3.8, 4) is 0 Å². The standard InChI is InChI=1S/C29H55N2.ClH/c1-3-5-7-9-10-11-12-13-15-17-23-28(22-16-14-8-6-4-2)30-26-20-18-24-29-25-19-21-27-31(29)30;/h19,25,28H,3-18,20-24,26-27H2,1-2H3;1H/q+1;/p-1. The number of allylic oxidation sites excluding steroid dienone is 1. The zero-order valence-corrected chi connectivity index (χ0v) is 22.5. The molecule has 0 bridgehead atoms. The van der Waals surface area contributed by atoms with Gasteiger partial charge < -0.3 is 12.4 Å². The summed E-state index contributed by atoms with van der Waals surface area (Å²) in [7, 11) is 0. The van der Waals surface area contributed by atoms with Gasteiger partial charge in [-0.05, 0) is 25.7 Å². The topological polar surface area (TPSA) is 6.25 Å². The van der Waals surface area contributed by atoms with Gasteiger partial charge in [0.25, 0.3) is 0 Å². The smallest absolute Gasteiger partial charge is 0.205 e. The van der Waals surface area contributed by atoms with Crippen molar-refractivity contribution < 1.29 is 17.1 Å². The summed E-state index contributed by atoms with van der Waals surface area (Å²) in [6, 6.07) is 0.773. The Morgan fingerprint density at radius 1 is 0.750 bits per heavy atom. The van der Waals surface area contributed by atoms with Gasteiger partial charge in [0.1, 0.15) is 0 Å². The first-order valence-corrected chi connectivity index (χ1v) is 14.4. The molecule has 0 saturated heterocycles. The number of hydrogen-bond donors (Lipinski definition) is 0. The van der Waals surface area contributed by atoms with Crippen LogP contribution in [0.2, 0.25) is 0 Å². The third-order valence-corrected chi connectivity index (χ3v) is 7.48. The summed E-state index contributed by atoms with van der Waals surface area (Å²) in [5.41, 5.74) is 1.60. The van der Waals surface area contributed by atoms with Crippen molar-refractivity contribution in [2.24, 2.45) is 0 Å². The van der Waals surface area contributed by atoms with Crippen LogP contribution in [0.4, 0.5) is 0 Å². The van der Waals surface area contributed by atoms with Crippen molar-refractivity contribution in [1.29, 1.82) is 0 Å². The SMILES string of the molecule is CCCCCCCCCCCCC(CCCCCCC)N1CCCCC2=[N+]1CCC=C2.[Cl-]. The van der Waals surface area contributed by atoms with E-state index in [4.69, 9.17) is 0 Å². The minimum Gasteiger partial charge on any atom is -1.00 e. The Bertz CT molecular complexity index is 499. The van der Waals surface area contributed by atoms with E-state index in [1.807, 2.05) is 0 Å². The first-order valence-electron chi connectivity index (χ1n) is 14.4. The molecule has 0 spiro atoms. The predicted molar refractivity (Wildman–Crippen MR) is 138 cm³/mol. The summed E-state index contributed by atoms with van der Waals surface area (Å²) in [6.07, 6.45) is 34.4. The Balaban J connectivity index is 0.00000512. The Labute approximate surface area is 207 Å². The van der Waals surface area contributed by atoms with Crippen molar-refractivity contribution in [3.05, 3.63) is 12.2 Å². The maximum atomic E-state index is 2.83. The molecule has 2 aliphatic heterocycles. The Morgan fingerprint density at radius 2 is 1.28 bits per heavy atom. The largest absolute Gasteiger partial charge is 1.00 e. The third-order valence-electron chi connectivity index (χ3n) is 7.48. The Hall–Kier alpha value is -0.500. The minimum atomic E-state index is 0. The summed E-state index contributed by atoms with van der Waals surface area (Å²) in [4.78, 5) is 0. The first kappa shape index (κ1) is 29.5. The van der Waals surface area contributed by atoms with E-state index >= 15 is 0 Å². The van der Waals surface area contributed by atoms with Gasteiger partial charge in [0.15, 0.2) is 6.54 Å². The fraction of sp³-hybridized carbons (Fsp3) is 0.897. The molecule has 0 aromatic heterocycles. The molecule has 1 unspecified atom stereocenters. The summed E-state index contributed by atoms with van der Waals surface area (Å²) >= 11 is 0. The zero-order chi connectivity index (χ0) is 22.0. The van der Waals surface area contributed by atoms with Crippen molar-refractivity contribution in [2.45, 2.75) is 155 Å². The fourth-order valence-corrected chi connectivity index (χ4v) is 5.53. The van der Waals surface area contributed by atoms with Crippen LogP contribution in [0.15, 0.2) is 12.2 Å². The average molecular weight is 467 g/mol. The van der Waals surface area contributed by atoms with Crippen molar-refractivity contribution in [1.82, 2.24) is 5.01 Å². The van der Waals surface area contributed by atoms with Crippen molar-refractivity contribution >= 4 is 5.71 Å². The molecule has 0 N–H and O–H groups in total. The lowest BCUT2D eigenvalue weighted by molar-refractivity contribution is -0.698. The van der Waals surface area contributed by atoms with Gasteiger partial charge in [-0.1, -0.05) is 116 Å². The molecule has 0 aliphatic carbocycles. The highest BCUT2D eigenvalue weighted by Crippen LogP contribution is 2.23. The van der Waals surface area contributed by atoms with Crippen LogP contribution in [-0.2, 0) is 0 Å². The van der Waals surface area contributed by atoms with Crippen LogP contribution in [0.1, 0.15) is 149 Å². The van der Waals surface area contributed by atoms with Crippen LogP contribution < -0.4 is 12.4 Å². The number of rotatable bonds is 18. The zero-order valence-electron chi connectivity index (χ0n) is 21.8. The number of hydrazine groups is 1. The Kier molecular flexibility index (Phi) is 18.4. The van der Waals surface area contributed by atoms with Crippen molar-refractivity contribution in [3.63, 3.8) is 0 Å². The van der Waals surface area contributed by atoms with Crippen LogP contribution in [0, 0.1) is 0 Å². The number of unbranched alkanes of at least 4 members (excludes halogenated alkanes) is 13. The molecule has 0 aromatic carbocycles. The van der Waals surface area contributed by atoms with Crippen LogP contribution >= 0.6 is 0 Å². The molecule has 1 atom stereocenters. The lowest BCUT2D eigenvalue weighted by atomic mass is 9.99. The number of hydrazone groups is 1. The van der Waals surface area contributed by atoms with Gasteiger partial charge in [0.2, 0.25) is 5.71 Å². The van der Waals surface area contributed by atoms with E-state index in [2.05, 4.69) is 35.7 Å². The van der Waals surface area contributed by atoms with Crippen LogP contribution in [0.25, 0.3) is 0 Å². The van der Waals surface area contributed by atoms with Gasteiger partial charge in [0, 0.05) is 18.9 Å². The summed E-state index contributed by atoms with van der Waals surface area (Å²) in [5.74, 6) is 0. The molecule has 0 aromatic rings. The molecule has 0 amide bonds. The van der Waals surface area contributed by atoms with Gasteiger partial charge >= 0.3 is 0 Å². The molecule has 2 nitrogen and oxygen atoms in total. The first-order chi connectivity index (χ1) is 15.4. The monoisotopic (exact) mass is 466 g/mol. The fourth-order valence-electron chi connectivity index (χ4n) is 5.53. The molecule has 0 saturated carbocycles. The van der Waals surface area contributed by atoms with Crippen molar-refractivity contribution in [2.75, 3.05) is 13.1 Å². The molecule has 188 valence electrons. The van der Waals surface area contributed by atoms with E-state index in [1.165, 1.54) is 148 Å². The molecule has 0 fully saturated rings. The molecule has 0 radical (unpaired) electrons. The average Bonchev–Trinajstić information content (AvgIpc) is 3.01. The third kappa shape index (κ3) is 12.1. The second-order valence-corrected chi connectivity index (χ2v) is 10.3. The van der Waals surface area contributed by atoms with Gasteiger partial charge in [-0.25, -0.2) is 0 Å². The molecule has 2 rings (SSSR count). The molecular formula is C29H55ClN2. The lowest BCUT2D eigenvalue weighted by Crippen LogP contribution is -3.00. The van der Waals surface area contributed by atoms with Gasteiger partial charge in [-0.2, -0.15) is 5.01 Å². The number of nitrogens with zero attached hydrogens (tertiary/aromatic N) is 2. The highest BCUT2D eigenvalue weighted by Gasteiger charge is 2.31. The quantitative estimate of drug-likeness (QED) is 0.181. The number of halogens is 1. The summed E-state index contributed by atoms with van der Waals surface area (Å²) in [5, 5.41) is 2.83. The highest BCUT2D eigenvalue weighted by molar-refractivity contribution is 5.91. The second kappa shape index (κ2) is 19.9.